The number of nitrogens with zero attached hydrogens (tertiary/aromatic N) is 1. The second-order valence-corrected chi connectivity index (χ2v) is 7.14. The number of hydrogen-bond donors (Lipinski definition) is 0. The summed E-state index contributed by atoms with van der Waals surface area (Å²) < 4.78 is 0. The Morgan fingerprint density at radius 3 is 2.53 bits per heavy atom. The minimum absolute atomic E-state index is 0.333. The van der Waals surface area contributed by atoms with Crippen LogP contribution in [0, 0.1) is 40.9 Å². The van der Waals surface area contributed by atoms with Gasteiger partial charge < -0.3 is 0 Å². The van der Waals surface area contributed by atoms with Crippen molar-refractivity contribution in [2.75, 3.05) is 0 Å². The highest BCUT2D eigenvalue weighted by Gasteiger charge is 2.28. The van der Waals surface area contributed by atoms with Crippen LogP contribution < -0.4 is 0 Å². The molecule has 0 aromatic heterocycles. The van der Waals surface area contributed by atoms with Crippen LogP contribution in [0.3, 0.4) is 0 Å². The summed E-state index contributed by atoms with van der Waals surface area (Å²) in [5.41, 5.74) is 0. The molecule has 0 spiro atoms. The van der Waals surface area contributed by atoms with Crippen LogP contribution in [0.2, 0.25) is 0 Å². The highest BCUT2D eigenvalue weighted by atomic mass is 14.4. The first kappa shape index (κ1) is 16.5. The molecule has 1 rings (SSSR count). The lowest BCUT2D eigenvalue weighted by molar-refractivity contribution is 0.190. The lowest BCUT2D eigenvalue weighted by atomic mass is 9.72. The molecule has 1 fully saturated rings. The molecule has 1 heteroatoms. The molecule has 1 saturated carbocycles. The van der Waals surface area contributed by atoms with Gasteiger partial charge in [0.1, 0.15) is 0 Å². The van der Waals surface area contributed by atoms with Crippen LogP contribution in [0.25, 0.3) is 0 Å². The van der Waals surface area contributed by atoms with E-state index in [4.69, 9.17) is 0 Å². The Bertz CT molecular complexity index is 278. The smallest absolute Gasteiger partial charge is 0.0655 e. The molecule has 0 amide bonds. The van der Waals surface area contributed by atoms with E-state index >= 15 is 0 Å². The summed E-state index contributed by atoms with van der Waals surface area (Å²) >= 11 is 0. The Morgan fingerprint density at radius 2 is 1.95 bits per heavy atom. The van der Waals surface area contributed by atoms with Crippen LogP contribution in [-0.4, -0.2) is 0 Å². The third-order valence-electron chi connectivity index (χ3n) is 5.02. The Labute approximate surface area is 120 Å². The van der Waals surface area contributed by atoms with Crippen molar-refractivity contribution in [3.8, 4) is 6.07 Å². The quantitative estimate of drug-likeness (QED) is 0.569. The molecule has 0 heterocycles. The molecule has 1 aliphatic rings. The topological polar surface area (TPSA) is 23.8 Å². The molecular formula is C18H33N. The SMILES string of the molecule is CCCC(CC(C)CC)CC1CC(C)CC(C#N)C1. The minimum atomic E-state index is 0.333. The van der Waals surface area contributed by atoms with Crippen molar-refractivity contribution in [2.24, 2.45) is 29.6 Å². The average Bonchev–Trinajstić information content (AvgIpc) is 2.38. The third-order valence-corrected chi connectivity index (χ3v) is 5.02. The van der Waals surface area contributed by atoms with Gasteiger partial charge in [-0.15, -0.1) is 0 Å². The van der Waals surface area contributed by atoms with Gasteiger partial charge in [-0.3, -0.25) is 0 Å². The maximum Gasteiger partial charge on any atom is 0.0655 e. The monoisotopic (exact) mass is 263 g/mol. The first-order valence-electron chi connectivity index (χ1n) is 8.48. The maximum absolute atomic E-state index is 9.20. The zero-order valence-corrected chi connectivity index (χ0v) is 13.5. The van der Waals surface area contributed by atoms with E-state index in [9.17, 15) is 5.26 Å². The standard InChI is InChI=1S/C18H33N/c1-5-7-16(8-14(3)6-2)11-17-9-15(4)10-18(12-17)13-19/h14-18H,5-12H2,1-4H3. The van der Waals surface area contributed by atoms with E-state index < -0.39 is 0 Å². The molecule has 0 aromatic carbocycles. The van der Waals surface area contributed by atoms with E-state index in [1.54, 1.807) is 0 Å². The molecule has 5 unspecified atom stereocenters. The fourth-order valence-electron chi connectivity index (χ4n) is 3.99. The van der Waals surface area contributed by atoms with E-state index in [0.29, 0.717) is 5.92 Å². The molecule has 0 radical (unpaired) electrons. The van der Waals surface area contributed by atoms with Crippen LogP contribution in [0.1, 0.15) is 79.1 Å². The predicted octanol–water partition coefficient (Wildman–Crippen LogP) is 5.80. The van der Waals surface area contributed by atoms with E-state index in [2.05, 4.69) is 33.8 Å². The maximum atomic E-state index is 9.20. The van der Waals surface area contributed by atoms with Gasteiger partial charge in [-0.05, 0) is 55.8 Å². The van der Waals surface area contributed by atoms with Crippen LogP contribution in [0.5, 0.6) is 0 Å². The van der Waals surface area contributed by atoms with Crippen molar-refractivity contribution < 1.29 is 0 Å². The summed E-state index contributed by atoms with van der Waals surface area (Å²) in [6.07, 6.45) is 10.4. The Balaban J connectivity index is 2.50. The molecule has 1 nitrogen and oxygen atoms in total. The van der Waals surface area contributed by atoms with Crippen molar-refractivity contribution in [3.05, 3.63) is 0 Å². The van der Waals surface area contributed by atoms with Gasteiger partial charge in [0.05, 0.1) is 6.07 Å². The highest BCUT2D eigenvalue weighted by Crippen LogP contribution is 2.38. The molecule has 1 aliphatic carbocycles. The fourth-order valence-corrected chi connectivity index (χ4v) is 3.99. The molecule has 0 aliphatic heterocycles. The second kappa shape index (κ2) is 8.62. The Morgan fingerprint density at radius 1 is 1.21 bits per heavy atom. The normalized spacial score (nSPS) is 30.6. The Kier molecular flexibility index (Phi) is 7.51. The van der Waals surface area contributed by atoms with Gasteiger partial charge >= 0.3 is 0 Å². The molecular weight excluding hydrogens is 230 g/mol. The molecule has 19 heavy (non-hydrogen) atoms. The first-order valence-corrected chi connectivity index (χ1v) is 8.48. The van der Waals surface area contributed by atoms with Crippen LogP contribution in [0.15, 0.2) is 0 Å². The summed E-state index contributed by atoms with van der Waals surface area (Å²) in [4.78, 5) is 0. The zero-order valence-electron chi connectivity index (χ0n) is 13.5. The van der Waals surface area contributed by atoms with E-state index in [1.807, 2.05) is 0 Å². The van der Waals surface area contributed by atoms with Gasteiger partial charge in [0.2, 0.25) is 0 Å². The van der Waals surface area contributed by atoms with Gasteiger partial charge in [0.25, 0.3) is 0 Å². The summed E-state index contributed by atoms with van der Waals surface area (Å²) in [5.74, 6) is 3.67. The summed E-state index contributed by atoms with van der Waals surface area (Å²) in [6.45, 7) is 9.34. The molecule has 5 atom stereocenters. The summed E-state index contributed by atoms with van der Waals surface area (Å²) in [6, 6.07) is 2.52. The molecule has 0 saturated heterocycles. The minimum Gasteiger partial charge on any atom is -0.198 e. The van der Waals surface area contributed by atoms with Crippen LogP contribution >= 0.6 is 0 Å². The van der Waals surface area contributed by atoms with Crippen molar-refractivity contribution in [1.29, 1.82) is 5.26 Å². The Hall–Kier alpha value is -0.510. The molecule has 0 N–H and O–H groups in total. The van der Waals surface area contributed by atoms with Gasteiger partial charge in [-0.25, -0.2) is 0 Å². The van der Waals surface area contributed by atoms with Crippen LogP contribution in [-0.2, 0) is 0 Å². The zero-order chi connectivity index (χ0) is 14.3. The first-order chi connectivity index (χ1) is 9.08. The fraction of sp³-hybridized carbons (Fsp3) is 0.944. The van der Waals surface area contributed by atoms with Gasteiger partial charge in [-0.2, -0.15) is 5.26 Å². The second-order valence-electron chi connectivity index (χ2n) is 7.14. The van der Waals surface area contributed by atoms with Gasteiger partial charge in [0.15, 0.2) is 0 Å². The van der Waals surface area contributed by atoms with E-state index in [0.717, 1.165) is 30.1 Å². The average molecular weight is 263 g/mol. The lowest BCUT2D eigenvalue weighted by Gasteiger charge is -2.33. The predicted molar refractivity (Wildman–Crippen MR) is 82.7 cm³/mol. The highest BCUT2D eigenvalue weighted by molar-refractivity contribution is 4.90. The van der Waals surface area contributed by atoms with Crippen molar-refractivity contribution in [2.45, 2.75) is 79.1 Å². The number of rotatable bonds is 7. The third kappa shape index (κ3) is 5.98. The molecule has 0 aromatic rings. The van der Waals surface area contributed by atoms with Gasteiger partial charge in [-0.1, -0.05) is 47.0 Å². The lowest BCUT2D eigenvalue weighted by Crippen LogP contribution is -2.23. The van der Waals surface area contributed by atoms with Crippen molar-refractivity contribution in [1.82, 2.24) is 0 Å². The molecule has 110 valence electrons. The molecule has 0 bridgehead atoms. The van der Waals surface area contributed by atoms with Gasteiger partial charge in [0, 0.05) is 5.92 Å². The number of nitriles is 1. The van der Waals surface area contributed by atoms with Crippen molar-refractivity contribution >= 4 is 0 Å². The van der Waals surface area contributed by atoms with Crippen LogP contribution in [0.4, 0.5) is 0 Å². The largest absolute Gasteiger partial charge is 0.198 e. The van der Waals surface area contributed by atoms with Crippen molar-refractivity contribution in [3.63, 3.8) is 0 Å². The summed E-state index contributed by atoms with van der Waals surface area (Å²) in [5, 5.41) is 9.20. The number of hydrogen-bond acceptors (Lipinski definition) is 1. The summed E-state index contributed by atoms with van der Waals surface area (Å²) in [7, 11) is 0. The van der Waals surface area contributed by atoms with E-state index in [-0.39, 0.29) is 0 Å². The van der Waals surface area contributed by atoms with E-state index in [1.165, 1.54) is 44.9 Å².